The van der Waals surface area contributed by atoms with Gasteiger partial charge in [0.15, 0.2) is 5.96 Å². The molecule has 0 spiro atoms. The van der Waals surface area contributed by atoms with Crippen molar-refractivity contribution in [2.24, 2.45) is 10.9 Å². The van der Waals surface area contributed by atoms with E-state index in [9.17, 15) is 9.59 Å². The van der Waals surface area contributed by atoms with E-state index in [2.05, 4.69) is 15.6 Å². The lowest BCUT2D eigenvalue weighted by Gasteiger charge is -2.34. The Balaban J connectivity index is 0.00000529. The SMILES string of the molecule is CCNC(=NCC(=O)N(C)C)NC1CCN(C(=O)C(C)C)CC1.I. The zero-order chi connectivity index (χ0) is 17.4. The molecule has 0 aromatic heterocycles. The molecule has 2 N–H and O–H groups in total. The maximum atomic E-state index is 12.0. The number of nitrogens with zero attached hydrogens (tertiary/aromatic N) is 3. The van der Waals surface area contributed by atoms with Crippen molar-refractivity contribution in [3.05, 3.63) is 0 Å². The van der Waals surface area contributed by atoms with Crippen LogP contribution in [0.5, 0.6) is 0 Å². The van der Waals surface area contributed by atoms with Crippen molar-refractivity contribution in [2.75, 3.05) is 40.3 Å². The molecule has 140 valence electrons. The highest BCUT2D eigenvalue weighted by Crippen LogP contribution is 2.13. The van der Waals surface area contributed by atoms with Gasteiger partial charge >= 0.3 is 0 Å². The number of carbonyl (C=O) groups is 2. The topological polar surface area (TPSA) is 77.0 Å². The summed E-state index contributed by atoms with van der Waals surface area (Å²) >= 11 is 0. The Morgan fingerprint density at radius 3 is 2.29 bits per heavy atom. The van der Waals surface area contributed by atoms with Crippen molar-refractivity contribution in [3.8, 4) is 0 Å². The van der Waals surface area contributed by atoms with E-state index in [-0.39, 0.29) is 54.3 Å². The van der Waals surface area contributed by atoms with Crippen LogP contribution >= 0.6 is 24.0 Å². The first-order chi connectivity index (χ1) is 10.8. The molecule has 2 amide bonds. The van der Waals surface area contributed by atoms with Gasteiger partial charge in [0, 0.05) is 45.7 Å². The highest BCUT2D eigenvalue weighted by molar-refractivity contribution is 14.0. The van der Waals surface area contributed by atoms with Crippen molar-refractivity contribution >= 4 is 41.8 Å². The Hall–Kier alpha value is -1.06. The number of amides is 2. The van der Waals surface area contributed by atoms with Gasteiger partial charge in [0.25, 0.3) is 0 Å². The van der Waals surface area contributed by atoms with Crippen LogP contribution in [-0.2, 0) is 9.59 Å². The van der Waals surface area contributed by atoms with Crippen molar-refractivity contribution in [1.82, 2.24) is 20.4 Å². The summed E-state index contributed by atoms with van der Waals surface area (Å²) < 4.78 is 0. The number of piperidine rings is 1. The minimum atomic E-state index is -0.0282. The van der Waals surface area contributed by atoms with E-state index in [1.807, 2.05) is 25.7 Å². The maximum Gasteiger partial charge on any atom is 0.243 e. The number of guanidine groups is 1. The fourth-order valence-corrected chi connectivity index (χ4v) is 2.41. The molecular formula is C16H32IN5O2. The molecule has 0 saturated carbocycles. The molecule has 1 fully saturated rings. The minimum Gasteiger partial charge on any atom is -0.357 e. The summed E-state index contributed by atoms with van der Waals surface area (Å²) in [5.41, 5.74) is 0. The average molecular weight is 453 g/mol. The molecule has 0 aliphatic carbocycles. The molecule has 0 bridgehead atoms. The third kappa shape index (κ3) is 7.67. The van der Waals surface area contributed by atoms with E-state index >= 15 is 0 Å². The third-order valence-corrected chi connectivity index (χ3v) is 3.86. The molecular weight excluding hydrogens is 421 g/mol. The normalized spacial score (nSPS) is 15.8. The quantitative estimate of drug-likeness (QED) is 0.369. The van der Waals surface area contributed by atoms with Crippen LogP contribution in [0, 0.1) is 5.92 Å². The van der Waals surface area contributed by atoms with Crippen molar-refractivity contribution in [3.63, 3.8) is 0 Å². The maximum absolute atomic E-state index is 12.0. The number of likely N-dealkylation sites (N-methyl/N-ethyl adjacent to an activating group) is 1. The lowest BCUT2D eigenvalue weighted by molar-refractivity contribution is -0.135. The van der Waals surface area contributed by atoms with Crippen LogP contribution in [0.4, 0.5) is 0 Å². The number of aliphatic imine (C=N–C) groups is 1. The second-order valence-corrected chi connectivity index (χ2v) is 6.38. The van der Waals surface area contributed by atoms with Crippen LogP contribution in [0.15, 0.2) is 4.99 Å². The first kappa shape index (κ1) is 22.9. The summed E-state index contributed by atoms with van der Waals surface area (Å²) in [6, 6.07) is 0.276. The van der Waals surface area contributed by atoms with Crippen LogP contribution in [0.3, 0.4) is 0 Å². The van der Waals surface area contributed by atoms with Crippen LogP contribution < -0.4 is 10.6 Å². The summed E-state index contributed by atoms with van der Waals surface area (Å²) in [5, 5.41) is 6.53. The fourth-order valence-electron chi connectivity index (χ4n) is 2.41. The highest BCUT2D eigenvalue weighted by Gasteiger charge is 2.24. The predicted molar refractivity (Wildman–Crippen MR) is 108 cm³/mol. The van der Waals surface area contributed by atoms with E-state index in [1.54, 1.807) is 14.1 Å². The van der Waals surface area contributed by atoms with Gasteiger partial charge < -0.3 is 20.4 Å². The van der Waals surface area contributed by atoms with Gasteiger partial charge in [0.05, 0.1) is 0 Å². The zero-order valence-corrected chi connectivity index (χ0v) is 17.8. The summed E-state index contributed by atoms with van der Waals surface area (Å²) in [5.74, 6) is 0.909. The van der Waals surface area contributed by atoms with Crippen molar-refractivity contribution in [1.29, 1.82) is 0 Å². The highest BCUT2D eigenvalue weighted by atomic mass is 127. The Bertz CT molecular complexity index is 432. The van der Waals surface area contributed by atoms with Gasteiger partial charge in [-0.15, -0.1) is 24.0 Å². The Morgan fingerprint density at radius 1 is 1.25 bits per heavy atom. The van der Waals surface area contributed by atoms with Crippen molar-refractivity contribution in [2.45, 2.75) is 39.7 Å². The molecule has 0 unspecified atom stereocenters. The molecule has 0 radical (unpaired) electrons. The number of halogens is 1. The molecule has 0 aromatic rings. The van der Waals surface area contributed by atoms with E-state index in [0.717, 1.165) is 32.5 Å². The smallest absolute Gasteiger partial charge is 0.243 e. The van der Waals surface area contributed by atoms with Crippen LogP contribution in [-0.4, -0.2) is 73.9 Å². The molecule has 1 aliphatic rings. The van der Waals surface area contributed by atoms with Crippen LogP contribution in [0.2, 0.25) is 0 Å². The van der Waals surface area contributed by atoms with Crippen molar-refractivity contribution < 1.29 is 9.59 Å². The molecule has 8 heteroatoms. The van der Waals surface area contributed by atoms with E-state index in [4.69, 9.17) is 0 Å². The van der Waals surface area contributed by atoms with E-state index in [1.165, 1.54) is 4.90 Å². The van der Waals surface area contributed by atoms with Gasteiger partial charge in [-0.1, -0.05) is 13.8 Å². The number of nitrogens with one attached hydrogen (secondary N) is 2. The predicted octanol–water partition coefficient (Wildman–Crippen LogP) is 0.895. The fraction of sp³-hybridized carbons (Fsp3) is 0.812. The van der Waals surface area contributed by atoms with Gasteiger partial charge in [-0.25, -0.2) is 4.99 Å². The number of likely N-dealkylation sites (tertiary alicyclic amines) is 1. The molecule has 1 aliphatic heterocycles. The number of carbonyl (C=O) groups excluding carboxylic acids is 2. The second-order valence-electron chi connectivity index (χ2n) is 6.38. The molecule has 0 atom stereocenters. The Labute approximate surface area is 162 Å². The van der Waals surface area contributed by atoms with E-state index in [0.29, 0.717) is 5.96 Å². The summed E-state index contributed by atoms with van der Waals surface area (Å²) in [4.78, 5) is 31.4. The lowest BCUT2D eigenvalue weighted by atomic mass is 10.0. The third-order valence-electron chi connectivity index (χ3n) is 3.86. The first-order valence-corrected chi connectivity index (χ1v) is 8.38. The zero-order valence-electron chi connectivity index (χ0n) is 15.5. The van der Waals surface area contributed by atoms with E-state index < -0.39 is 0 Å². The van der Waals surface area contributed by atoms with Crippen LogP contribution in [0.25, 0.3) is 0 Å². The summed E-state index contributed by atoms with van der Waals surface area (Å²) in [6.45, 7) is 8.28. The molecule has 0 aromatic carbocycles. The Kier molecular flexibility index (Phi) is 11.0. The Morgan fingerprint density at radius 2 is 1.83 bits per heavy atom. The van der Waals surface area contributed by atoms with Gasteiger partial charge in [-0.2, -0.15) is 0 Å². The van der Waals surface area contributed by atoms with Gasteiger partial charge in [0.1, 0.15) is 6.54 Å². The molecule has 1 rings (SSSR count). The second kappa shape index (κ2) is 11.5. The average Bonchev–Trinajstić information content (AvgIpc) is 2.52. The molecule has 1 heterocycles. The minimum absolute atomic E-state index is 0. The largest absolute Gasteiger partial charge is 0.357 e. The lowest BCUT2D eigenvalue weighted by Crippen LogP contribution is -2.50. The molecule has 7 nitrogen and oxygen atoms in total. The molecule has 24 heavy (non-hydrogen) atoms. The first-order valence-electron chi connectivity index (χ1n) is 8.38. The van der Waals surface area contributed by atoms with Gasteiger partial charge in [0.2, 0.25) is 11.8 Å². The number of hydrogen-bond donors (Lipinski definition) is 2. The number of hydrogen-bond acceptors (Lipinski definition) is 3. The molecule has 1 saturated heterocycles. The van der Waals surface area contributed by atoms with Gasteiger partial charge in [-0.05, 0) is 19.8 Å². The summed E-state index contributed by atoms with van der Waals surface area (Å²) in [6.07, 6.45) is 1.79. The summed E-state index contributed by atoms with van der Waals surface area (Å²) in [7, 11) is 3.44. The monoisotopic (exact) mass is 453 g/mol. The standard InChI is InChI=1S/C16H31N5O2.HI/c1-6-17-16(18-11-14(22)20(4)5)19-13-7-9-21(10-8-13)15(23)12(2)3;/h12-13H,6-11H2,1-5H3,(H2,17,18,19);1H. The van der Waals surface area contributed by atoms with Gasteiger partial charge in [-0.3, -0.25) is 9.59 Å². The van der Waals surface area contributed by atoms with Crippen LogP contribution in [0.1, 0.15) is 33.6 Å². The number of rotatable bonds is 5.